The van der Waals surface area contributed by atoms with Crippen LogP contribution in [0, 0.1) is 6.92 Å². The minimum atomic E-state index is -0.370. The number of fused-ring (bicyclic) bond motifs is 2. The Morgan fingerprint density at radius 2 is 1.84 bits per heavy atom. The summed E-state index contributed by atoms with van der Waals surface area (Å²) in [7, 11) is 3.82. The molecule has 4 aromatic carbocycles. The summed E-state index contributed by atoms with van der Waals surface area (Å²) in [4.78, 5) is 33.1. The van der Waals surface area contributed by atoms with Crippen molar-refractivity contribution in [2.24, 2.45) is 5.10 Å². The first-order valence-corrected chi connectivity index (χ1v) is 14.2. The minimum Gasteiger partial charge on any atom is -0.483 e. The number of carbonyl (C=O) groups excluding carboxylic acids is 1. The molecule has 0 saturated heterocycles. The second-order valence-corrected chi connectivity index (χ2v) is 10.8. The lowest BCUT2D eigenvalue weighted by Gasteiger charge is -2.16. The number of halogens is 1. The third kappa shape index (κ3) is 5.91. The molecule has 0 aliphatic heterocycles. The first-order chi connectivity index (χ1) is 21.3. The third-order valence-corrected chi connectivity index (χ3v) is 7.29. The van der Waals surface area contributed by atoms with Crippen LogP contribution in [0.2, 0.25) is 5.02 Å². The van der Waals surface area contributed by atoms with Gasteiger partial charge in [0.2, 0.25) is 5.82 Å². The number of furan rings is 1. The number of carbonyl (C=O) groups is 1. The molecular weight excluding hydrogens is 578 g/mol. The van der Waals surface area contributed by atoms with Crippen LogP contribution in [0.1, 0.15) is 11.1 Å². The number of aromatic nitrogens is 2. The van der Waals surface area contributed by atoms with Crippen molar-refractivity contribution in [3.63, 3.8) is 0 Å². The van der Waals surface area contributed by atoms with E-state index in [2.05, 4.69) is 10.4 Å². The number of hydrogen-bond acceptors (Lipinski definition) is 7. The van der Waals surface area contributed by atoms with Gasteiger partial charge in [-0.1, -0.05) is 41.9 Å². The third-order valence-electron chi connectivity index (χ3n) is 7.06. The highest BCUT2D eigenvalue weighted by Gasteiger charge is 2.17. The minimum absolute atomic E-state index is 0.224. The molecule has 2 aromatic heterocycles. The van der Waals surface area contributed by atoms with E-state index in [9.17, 15) is 9.59 Å². The Hall–Kier alpha value is -5.41. The molecule has 0 bridgehead atoms. The molecule has 44 heavy (non-hydrogen) atoms. The average molecular weight is 606 g/mol. The van der Waals surface area contributed by atoms with Gasteiger partial charge in [0.05, 0.1) is 17.1 Å². The number of rotatable bonds is 8. The fraction of sp³-hybridized carbons (Fsp3) is 0.118. The molecule has 0 aliphatic carbocycles. The van der Waals surface area contributed by atoms with Crippen LogP contribution < -0.4 is 20.5 Å². The molecule has 0 aliphatic rings. The van der Waals surface area contributed by atoms with Gasteiger partial charge < -0.3 is 19.4 Å². The fourth-order valence-corrected chi connectivity index (χ4v) is 4.89. The maximum absolute atomic E-state index is 13.7. The van der Waals surface area contributed by atoms with E-state index < -0.39 is 0 Å². The van der Waals surface area contributed by atoms with Gasteiger partial charge in [-0.05, 0) is 67.1 Å². The van der Waals surface area contributed by atoms with Crippen LogP contribution in [-0.4, -0.2) is 42.5 Å². The highest BCUT2D eigenvalue weighted by molar-refractivity contribution is 6.31. The van der Waals surface area contributed by atoms with E-state index in [-0.39, 0.29) is 23.9 Å². The van der Waals surface area contributed by atoms with Crippen molar-refractivity contribution in [2.45, 2.75) is 6.92 Å². The summed E-state index contributed by atoms with van der Waals surface area (Å²) < 4.78 is 13.3. The van der Waals surface area contributed by atoms with Gasteiger partial charge in [-0.3, -0.25) is 9.59 Å². The number of ether oxygens (including phenoxy) is 1. The second-order valence-electron chi connectivity index (χ2n) is 10.4. The van der Waals surface area contributed by atoms with Crippen LogP contribution in [0.4, 0.5) is 11.4 Å². The van der Waals surface area contributed by atoms with Gasteiger partial charge in [0.15, 0.2) is 12.4 Å². The van der Waals surface area contributed by atoms with E-state index in [1.807, 2.05) is 74.4 Å². The molecule has 6 aromatic rings. The van der Waals surface area contributed by atoms with Gasteiger partial charge in [-0.15, -0.1) is 0 Å². The highest BCUT2D eigenvalue weighted by atomic mass is 35.5. The maximum atomic E-state index is 13.7. The Kier molecular flexibility index (Phi) is 7.87. The quantitative estimate of drug-likeness (QED) is 0.193. The van der Waals surface area contributed by atoms with E-state index in [4.69, 9.17) is 25.7 Å². The zero-order chi connectivity index (χ0) is 30.8. The smallest absolute Gasteiger partial charge is 0.282 e. The number of amides is 1. The molecule has 2 heterocycles. The second kappa shape index (κ2) is 12.1. The summed E-state index contributed by atoms with van der Waals surface area (Å²) in [6.45, 7) is 1.69. The van der Waals surface area contributed by atoms with Gasteiger partial charge in [0.1, 0.15) is 11.3 Å². The highest BCUT2D eigenvalue weighted by Crippen LogP contribution is 2.29. The average Bonchev–Trinajstić information content (AvgIpc) is 3.44. The molecule has 0 saturated carbocycles. The number of anilines is 2. The summed E-state index contributed by atoms with van der Waals surface area (Å²) in [6.07, 6.45) is 1.51. The lowest BCUT2D eigenvalue weighted by molar-refractivity contribution is -0.118. The number of hydrogen-bond donors (Lipinski definition) is 1. The summed E-state index contributed by atoms with van der Waals surface area (Å²) in [5.74, 6) is 0.693. The molecule has 0 unspecified atom stereocenters. The molecule has 9 nitrogen and oxygen atoms in total. The van der Waals surface area contributed by atoms with Gasteiger partial charge in [0.25, 0.3) is 11.5 Å². The lowest BCUT2D eigenvalue weighted by Crippen LogP contribution is -2.21. The van der Waals surface area contributed by atoms with E-state index in [0.717, 1.165) is 16.6 Å². The molecule has 1 N–H and O–H groups in total. The molecule has 0 atom stereocenters. The molecule has 1 amide bonds. The van der Waals surface area contributed by atoms with E-state index in [1.165, 1.54) is 10.9 Å². The topological polar surface area (TPSA) is 102 Å². The van der Waals surface area contributed by atoms with Crippen LogP contribution in [0.25, 0.3) is 33.5 Å². The Balaban J connectivity index is 1.38. The number of nitrogens with one attached hydrogen (secondary N) is 1. The van der Waals surface area contributed by atoms with Gasteiger partial charge in [0, 0.05) is 47.5 Å². The molecule has 10 heteroatoms. The Morgan fingerprint density at radius 1 is 1.05 bits per heavy atom. The predicted molar refractivity (Wildman–Crippen MR) is 175 cm³/mol. The van der Waals surface area contributed by atoms with Crippen molar-refractivity contribution in [3.8, 4) is 17.3 Å². The predicted octanol–water partition coefficient (Wildman–Crippen LogP) is 6.74. The number of aryl methyl sites for hydroxylation is 1. The number of para-hydroxylation sites is 2. The Labute approximate surface area is 258 Å². The lowest BCUT2D eigenvalue weighted by atomic mass is 10.2. The SMILES string of the molecule is Cc1ccccc1NC(=O)COc1cc(N(C)C)ccc1C=Nn1c(-c2cc3cc(Cl)ccc3o2)nc2ccccc2c1=O. The van der Waals surface area contributed by atoms with Gasteiger partial charge in [-0.2, -0.15) is 9.78 Å². The zero-order valence-electron chi connectivity index (χ0n) is 24.2. The largest absolute Gasteiger partial charge is 0.483 e. The number of benzene rings is 4. The van der Waals surface area contributed by atoms with E-state index in [1.54, 1.807) is 42.5 Å². The van der Waals surface area contributed by atoms with Crippen molar-refractivity contribution in [1.82, 2.24) is 9.66 Å². The number of nitrogens with zero attached hydrogens (tertiary/aromatic N) is 4. The van der Waals surface area contributed by atoms with Crippen LogP contribution in [0.5, 0.6) is 5.75 Å². The maximum Gasteiger partial charge on any atom is 0.282 e. The van der Waals surface area contributed by atoms with Crippen molar-refractivity contribution in [3.05, 3.63) is 117 Å². The molecule has 6 rings (SSSR count). The van der Waals surface area contributed by atoms with Crippen molar-refractivity contribution >= 4 is 57.0 Å². The normalized spacial score (nSPS) is 11.4. The summed E-state index contributed by atoms with van der Waals surface area (Å²) in [6, 6.07) is 27.2. The molecule has 220 valence electrons. The van der Waals surface area contributed by atoms with Crippen LogP contribution >= 0.6 is 11.6 Å². The molecular formula is C34H28ClN5O4. The first kappa shape index (κ1) is 28.7. The molecule has 0 fully saturated rings. The van der Waals surface area contributed by atoms with Crippen molar-refractivity contribution in [2.75, 3.05) is 30.9 Å². The monoisotopic (exact) mass is 605 g/mol. The molecule has 0 spiro atoms. The summed E-state index contributed by atoms with van der Waals surface area (Å²) in [5.41, 5.74) is 3.82. The standard InChI is InChI=1S/C34H28ClN5O4/c1-21-8-4-6-10-27(21)37-32(41)20-43-30-18-25(39(2)3)14-12-22(30)19-36-40-33(38-28-11-7-5-9-26(28)34(40)42)31-17-23-16-24(35)13-15-29(23)44-31/h4-19H,20H2,1-3H3,(H,37,41). The molecule has 0 radical (unpaired) electrons. The van der Waals surface area contributed by atoms with Crippen LogP contribution in [0.15, 0.2) is 105 Å². The summed E-state index contributed by atoms with van der Waals surface area (Å²) >= 11 is 6.19. The van der Waals surface area contributed by atoms with Crippen LogP contribution in [-0.2, 0) is 4.79 Å². The first-order valence-electron chi connectivity index (χ1n) is 13.8. The van der Waals surface area contributed by atoms with Crippen molar-refractivity contribution < 1.29 is 13.9 Å². The Bertz CT molecular complexity index is 2120. The van der Waals surface area contributed by atoms with E-state index in [0.29, 0.717) is 44.3 Å². The van der Waals surface area contributed by atoms with Gasteiger partial charge >= 0.3 is 0 Å². The Morgan fingerprint density at radius 3 is 2.66 bits per heavy atom. The zero-order valence-corrected chi connectivity index (χ0v) is 25.0. The van der Waals surface area contributed by atoms with Crippen molar-refractivity contribution in [1.29, 1.82) is 0 Å². The fourth-order valence-electron chi connectivity index (χ4n) is 4.71. The van der Waals surface area contributed by atoms with E-state index >= 15 is 0 Å². The van der Waals surface area contributed by atoms with Gasteiger partial charge in [-0.25, -0.2) is 4.98 Å². The summed E-state index contributed by atoms with van der Waals surface area (Å²) in [5, 5.41) is 9.18. The van der Waals surface area contributed by atoms with Crippen LogP contribution in [0.3, 0.4) is 0 Å².